The second kappa shape index (κ2) is 10.5. The Hall–Kier alpha value is -2.68. The van der Waals surface area contributed by atoms with E-state index in [2.05, 4.69) is 23.4 Å². The molecule has 8 nitrogen and oxygen atoms in total. The Labute approximate surface area is 199 Å². The molecule has 9 heteroatoms. The van der Waals surface area contributed by atoms with Crippen molar-refractivity contribution < 1.29 is 19.1 Å². The van der Waals surface area contributed by atoms with Gasteiger partial charge in [-0.25, -0.2) is 4.98 Å². The van der Waals surface area contributed by atoms with Gasteiger partial charge in [0, 0.05) is 38.4 Å². The number of fused-ring (bicyclic) bond motifs is 1. The van der Waals surface area contributed by atoms with Crippen molar-refractivity contribution in [2.75, 3.05) is 38.5 Å². The normalized spacial score (nSPS) is 17.8. The SMILES string of the molecule is CCCCn1c(SCC(=O)N2CCN(C(=O)C3COc4ccccc4O3)CC2)nc(C)c1C. The zero-order chi connectivity index (χ0) is 23.4. The lowest BCUT2D eigenvalue weighted by molar-refractivity contribution is -0.145. The maximum absolute atomic E-state index is 12.9. The number of carbonyl (C=O) groups is 2. The largest absolute Gasteiger partial charge is 0.485 e. The number of ether oxygens (including phenoxy) is 2. The Morgan fingerprint density at radius 3 is 2.52 bits per heavy atom. The van der Waals surface area contributed by atoms with Crippen LogP contribution in [0.15, 0.2) is 29.4 Å². The standard InChI is InChI=1S/C24H32N4O4S/c1-4-5-10-28-18(3)17(2)25-24(28)33-16-22(29)26-11-13-27(14-12-26)23(30)21-15-31-19-8-6-7-9-20(19)32-21/h6-9,21H,4-5,10-16H2,1-3H3. The summed E-state index contributed by atoms with van der Waals surface area (Å²) in [4.78, 5) is 34.0. The lowest BCUT2D eigenvalue weighted by Crippen LogP contribution is -2.55. The summed E-state index contributed by atoms with van der Waals surface area (Å²) in [6, 6.07) is 7.37. The summed E-state index contributed by atoms with van der Waals surface area (Å²) < 4.78 is 13.7. The molecule has 33 heavy (non-hydrogen) atoms. The van der Waals surface area contributed by atoms with E-state index in [1.165, 1.54) is 17.5 Å². The van der Waals surface area contributed by atoms with E-state index in [1.807, 2.05) is 30.0 Å². The number of unbranched alkanes of at least 4 members (excludes halogenated alkanes) is 1. The number of nitrogens with zero attached hydrogens (tertiary/aromatic N) is 4. The van der Waals surface area contributed by atoms with Crippen molar-refractivity contribution in [2.45, 2.75) is 51.4 Å². The molecule has 1 atom stereocenters. The van der Waals surface area contributed by atoms with Crippen molar-refractivity contribution in [1.29, 1.82) is 0 Å². The number of rotatable bonds is 7. The van der Waals surface area contributed by atoms with Crippen LogP contribution in [0.5, 0.6) is 11.5 Å². The van der Waals surface area contributed by atoms with Crippen molar-refractivity contribution in [2.24, 2.45) is 0 Å². The van der Waals surface area contributed by atoms with Gasteiger partial charge in [0.25, 0.3) is 5.91 Å². The summed E-state index contributed by atoms with van der Waals surface area (Å²) in [5.41, 5.74) is 2.19. The Balaban J connectivity index is 1.27. The molecule has 1 aromatic heterocycles. The average molecular weight is 473 g/mol. The van der Waals surface area contributed by atoms with Gasteiger partial charge in [-0.1, -0.05) is 37.2 Å². The molecule has 1 aromatic carbocycles. The molecule has 0 N–H and O–H groups in total. The lowest BCUT2D eigenvalue weighted by atomic mass is 10.2. The molecule has 4 rings (SSSR count). The van der Waals surface area contributed by atoms with Crippen LogP contribution in [0.2, 0.25) is 0 Å². The van der Waals surface area contributed by atoms with E-state index in [1.54, 1.807) is 11.0 Å². The molecule has 1 unspecified atom stereocenters. The van der Waals surface area contributed by atoms with E-state index in [0.717, 1.165) is 30.2 Å². The molecule has 0 aliphatic carbocycles. The maximum atomic E-state index is 12.9. The number of aromatic nitrogens is 2. The topological polar surface area (TPSA) is 76.9 Å². The first-order chi connectivity index (χ1) is 16.0. The number of amides is 2. The number of thioether (sulfide) groups is 1. The van der Waals surface area contributed by atoms with Crippen LogP contribution in [0, 0.1) is 13.8 Å². The highest BCUT2D eigenvalue weighted by Gasteiger charge is 2.33. The minimum atomic E-state index is -0.647. The van der Waals surface area contributed by atoms with E-state index in [0.29, 0.717) is 43.4 Å². The zero-order valence-electron chi connectivity index (χ0n) is 19.6. The highest BCUT2D eigenvalue weighted by molar-refractivity contribution is 7.99. The van der Waals surface area contributed by atoms with E-state index in [4.69, 9.17) is 9.47 Å². The van der Waals surface area contributed by atoms with Crippen LogP contribution in [-0.2, 0) is 16.1 Å². The van der Waals surface area contributed by atoms with Crippen LogP contribution in [0.3, 0.4) is 0 Å². The van der Waals surface area contributed by atoms with E-state index in [9.17, 15) is 9.59 Å². The molecule has 2 aromatic rings. The van der Waals surface area contributed by atoms with Crippen LogP contribution in [0.1, 0.15) is 31.2 Å². The number of carbonyl (C=O) groups excluding carboxylic acids is 2. The highest BCUT2D eigenvalue weighted by Crippen LogP contribution is 2.31. The molecule has 0 radical (unpaired) electrons. The van der Waals surface area contributed by atoms with Gasteiger partial charge in [0.05, 0.1) is 11.4 Å². The van der Waals surface area contributed by atoms with Crippen molar-refractivity contribution >= 4 is 23.6 Å². The Morgan fingerprint density at radius 2 is 1.79 bits per heavy atom. The lowest BCUT2D eigenvalue weighted by Gasteiger charge is -2.37. The van der Waals surface area contributed by atoms with Gasteiger partial charge in [0.2, 0.25) is 12.0 Å². The van der Waals surface area contributed by atoms with E-state index >= 15 is 0 Å². The molecule has 0 saturated carbocycles. The Kier molecular flexibility index (Phi) is 7.47. The molecular weight excluding hydrogens is 440 g/mol. The fourth-order valence-electron chi connectivity index (χ4n) is 4.05. The Bertz CT molecular complexity index is 1000. The number of aryl methyl sites for hydroxylation is 1. The Morgan fingerprint density at radius 1 is 1.09 bits per heavy atom. The number of hydrogen-bond acceptors (Lipinski definition) is 6. The first kappa shape index (κ1) is 23.5. The van der Waals surface area contributed by atoms with Gasteiger partial charge in [0.15, 0.2) is 16.7 Å². The van der Waals surface area contributed by atoms with Crippen LogP contribution in [0.4, 0.5) is 0 Å². The summed E-state index contributed by atoms with van der Waals surface area (Å²) in [5, 5.41) is 0.912. The van der Waals surface area contributed by atoms with Crippen molar-refractivity contribution in [3.05, 3.63) is 35.7 Å². The summed E-state index contributed by atoms with van der Waals surface area (Å²) in [6.07, 6.45) is 1.56. The van der Waals surface area contributed by atoms with Gasteiger partial charge in [-0.05, 0) is 32.4 Å². The fourth-order valence-corrected chi connectivity index (χ4v) is 5.07. The van der Waals surface area contributed by atoms with Crippen LogP contribution in [-0.4, -0.2) is 75.8 Å². The number of benzene rings is 1. The molecule has 2 amide bonds. The van der Waals surface area contributed by atoms with E-state index in [-0.39, 0.29) is 18.4 Å². The monoisotopic (exact) mass is 472 g/mol. The van der Waals surface area contributed by atoms with Gasteiger partial charge in [0.1, 0.15) is 6.61 Å². The quantitative estimate of drug-likeness (QED) is 0.577. The van der Waals surface area contributed by atoms with Gasteiger partial charge >= 0.3 is 0 Å². The summed E-state index contributed by atoms with van der Waals surface area (Å²) in [5.74, 6) is 1.60. The number of hydrogen-bond donors (Lipinski definition) is 0. The molecule has 2 aliphatic heterocycles. The molecule has 0 bridgehead atoms. The maximum Gasteiger partial charge on any atom is 0.267 e. The molecule has 1 fully saturated rings. The smallest absolute Gasteiger partial charge is 0.267 e. The first-order valence-electron chi connectivity index (χ1n) is 11.6. The third kappa shape index (κ3) is 5.29. The van der Waals surface area contributed by atoms with Gasteiger partial charge in [-0.2, -0.15) is 0 Å². The zero-order valence-corrected chi connectivity index (χ0v) is 20.4. The summed E-state index contributed by atoms with van der Waals surface area (Å²) in [7, 11) is 0. The van der Waals surface area contributed by atoms with Crippen molar-refractivity contribution in [3.8, 4) is 11.5 Å². The third-order valence-electron chi connectivity index (χ3n) is 6.21. The molecule has 178 valence electrons. The second-order valence-electron chi connectivity index (χ2n) is 8.43. The van der Waals surface area contributed by atoms with Gasteiger partial charge in [-0.3, -0.25) is 9.59 Å². The molecule has 0 spiro atoms. The molecule has 2 aliphatic rings. The first-order valence-corrected chi connectivity index (χ1v) is 12.6. The minimum absolute atomic E-state index is 0.0821. The van der Waals surface area contributed by atoms with Gasteiger partial charge < -0.3 is 23.8 Å². The predicted octanol–water partition coefficient (Wildman–Crippen LogP) is 2.90. The molecular formula is C24H32N4O4S. The van der Waals surface area contributed by atoms with Crippen LogP contribution < -0.4 is 9.47 Å². The summed E-state index contributed by atoms with van der Waals surface area (Å²) >= 11 is 1.50. The minimum Gasteiger partial charge on any atom is -0.485 e. The number of imidazole rings is 1. The molecule has 1 saturated heterocycles. The third-order valence-corrected chi connectivity index (χ3v) is 7.17. The van der Waals surface area contributed by atoms with E-state index < -0.39 is 6.10 Å². The highest BCUT2D eigenvalue weighted by atomic mass is 32.2. The number of piperazine rings is 1. The van der Waals surface area contributed by atoms with Crippen molar-refractivity contribution in [3.63, 3.8) is 0 Å². The summed E-state index contributed by atoms with van der Waals surface area (Å²) in [6.45, 7) is 9.45. The predicted molar refractivity (Wildman–Crippen MR) is 127 cm³/mol. The number of para-hydroxylation sites is 2. The van der Waals surface area contributed by atoms with Crippen LogP contribution in [0.25, 0.3) is 0 Å². The van der Waals surface area contributed by atoms with Gasteiger partial charge in [-0.15, -0.1) is 0 Å². The average Bonchev–Trinajstić information content (AvgIpc) is 3.12. The fraction of sp³-hybridized carbons (Fsp3) is 0.542. The second-order valence-corrected chi connectivity index (χ2v) is 9.37. The van der Waals surface area contributed by atoms with Crippen LogP contribution >= 0.6 is 11.8 Å². The molecule has 3 heterocycles. The van der Waals surface area contributed by atoms with Crippen molar-refractivity contribution in [1.82, 2.24) is 19.4 Å².